The topological polar surface area (TPSA) is 105 Å². The van der Waals surface area contributed by atoms with Crippen LogP contribution in [-0.2, 0) is 24.5 Å². The predicted molar refractivity (Wildman–Crippen MR) is 149 cm³/mol. The van der Waals surface area contributed by atoms with Gasteiger partial charge in [-0.05, 0) is 85.9 Å². The number of halogens is 1. The van der Waals surface area contributed by atoms with Gasteiger partial charge in [-0.3, -0.25) is 0 Å². The normalized spacial score (nSPS) is 15.9. The van der Waals surface area contributed by atoms with Gasteiger partial charge in [0.2, 0.25) is 5.28 Å². The van der Waals surface area contributed by atoms with Crippen molar-refractivity contribution in [3.8, 4) is 0 Å². The molecule has 1 fully saturated rings. The van der Waals surface area contributed by atoms with E-state index in [1.54, 1.807) is 47.7 Å². The molecule has 0 spiro atoms. The minimum atomic E-state index is -0.807. The summed E-state index contributed by atoms with van der Waals surface area (Å²) in [6.45, 7) is 15.2. The molecule has 2 aromatic heterocycles. The minimum Gasteiger partial charge on any atom is -0.443 e. The number of carbonyl (C=O) groups excluding carboxylic acids is 2. The van der Waals surface area contributed by atoms with Crippen molar-refractivity contribution in [1.82, 2.24) is 19.4 Å². The Bertz CT molecular complexity index is 1110. The van der Waals surface area contributed by atoms with Crippen molar-refractivity contribution >= 4 is 34.8 Å². The third-order valence-corrected chi connectivity index (χ3v) is 6.54. The number of ether oxygens (including phenoxy) is 4. The first-order valence-corrected chi connectivity index (χ1v) is 14.1. The van der Waals surface area contributed by atoms with Crippen molar-refractivity contribution in [2.75, 3.05) is 19.8 Å². The lowest BCUT2D eigenvalue weighted by Crippen LogP contribution is -2.53. The number of carbonyl (C=O) groups is 2. The molecular weight excluding hydrogens is 524 g/mol. The maximum Gasteiger partial charge on any atom is 0.419 e. The molecule has 0 radical (unpaired) electrons. The van der Waals surface area contributed by atoms with Gasteiger partial charge in [0.05, 0.1) is 17.8 Å². The van der Waals surface area contributed by atoms with Crippen LogP contribution < -0.4 is 0 Å². The first kappa shape index (κ1) is 31.1. The Labute approximate surface area is 236 Å². The maximum atomic E-state index is 13.5. The molecule has 2 aromatic rings. The summed E-state index contributed by atoms with van der Waals surface area (Å²) in [4.78, 5) is 36.9. The molecule has 11 heteroatoms. The van der Waals surface area contributed by atoms with Gasteiger partial charge in [-0.1, -0.05) is 19.3 Å². The Morgan fingerprint density at radius 1 is 1.00 bits per heavy atom. The average Bonchev–Trinajstić information content (AvgIpc) is 3.20. The van der Waals surface area contributed by atoms with E-state index in [1.165, 1.54) is 0 Å². The molecule has 0 unspecified atom stereocenters. The van der Waals surface area contributed by atoms with Gasteiger partial charge < -0.3 is 23.5 Å². The van der Waals surface area contributed by atoms with Gasteiger partial charge in [0.1, 0.15) is 16.8 Å². The van der Waals surface area contributed by atoms with E-state index in [-0.39, 0.29) is 11.8 Å². The number of amides is 2. The zero-order chi connectivity index (χ0) is 29.0. The fourth-order valence-corrected chi connectivity index (χ4v) is 5.11. The highest BCUT2D eigenvalue weighted by Crippen LogP contribution is 2.42. The summed E-state index contributed by atoms with van der Waals surface area (Å²) in [6.07, 6.45) is 3.61. The van der Waals surface area contributed by atoms with Crippen molar-refractivity contribution in [3.05, 3.63) is 23.2 Å². The lowest BCUT2D eigenvalue weighted by atomic mass is 9.80. The van der Waals surface area contributed by atoms with Gasteiger partial charge in [-0.15, -0.1) is 0 Å². The number of hydrogen-bond donors (Lipinski definition) is 0. The molecule has 1 aliphatic rings. The van der Waals surface area contributed by atoms with Crippen LogP contribution in [0.2, 0.25) is 5.28 Å². The number of hydrogen-bond acceptors (Lipinski definition) is 8. The molecule has 2 heterocycles. The number of imide groups is 1. The quantitative estimate of drug-likeness (QED) is 0.249. The first-order chi connectivity index (χ1) is 18.2. The second kappa shape index (κ2) is 12.4. The van der Waals surface area contributed by atoms with E-state index >= 15 is 0 Å². The van der Waals surface area contributed by atoms with E-state index in [2.05, 4.69) is 9.97 Å². The van der Waals surface area contributed by atoms with Crippen LogP contribution in [0.4, 0.5) is 9.59 Å². The van der Waals surface area contributed by atoms with Crippen LogP contribution in [0.1, 0.15) is 99.5 Å². The first-order valence-electron chi connectivity index (χ1n) is 13.7. The highest BCUT2D eigenvalue weighted by atomic mass is 35.5. The molecule has 0 aliphatic heterocycles. The van der Waals surface area contributed by atoms with Crippen LogP contribution in [-0.4, -0.2) is 62.6 Å². The fourth-order valence-electron chi connectivity index (χ4n) is 4.98. The summed E-state index contributed by atoms with van der Waals surface area (Å²) in [5, 5.41) is 0.852. The van der Waals surface area contributed by atoms with Gasteiger partial charge in [0.25, 0.3) is 0 Å². The summed E-state index contributed by atoms with van der Waals surface area (Å²) in [5.41, 5.74) is -1.05. The van der Waals surface area contributed by atoms with Crippen LogP contribution in [0.3, 0.4) is 0 Å². The van der Waals surface area contributed by atoms with Crippen molar-refractivity contribution in [1.29, 1.82) is 0 Å². The molecule has 0 atom stereocenters. The van der Waals surface area contributed by atoms with E-state index in [1.807, 2.05) is 24.5 Å². The Balaban J connectivity index is 2.23. The van der Waals surface area contributed by atoms with Crippen LogP contribution >= 0.6 is 11.6 Å². The largest absolute Gasteiger partial charge is 0.443 e. The van der Waals surface area contributed by atoms with E-state index < -0.39 is 35.2 Å². The smallest absolute Gasteiger partial charge is 0.419 e. The van der Waals surface area contributed by atoms with Crippen LogP contribution in [0, 0.1) is 0 Å². The lowest BCUT2D eigenvalue weighted by Gasteiger charge is -2.43. The zero-order valence-electron chi connectivity index (χ0n) is 24.5. The Hall–Kier alpha value is -2.43. The maximum absolute atomic E-state index is 13.5. The Kier molecular flexibility index (Phi) is 9.88. The average molecular weight is 567 g/mol. The van der Waals surface area contributed by atoms with Crippen molar-refractivity contribution in [3.63, 3.8) is 0 Å². The number of aromatic nitrogens is 3. The Morgan fingerprint density at radius 3 is 2.03 bits per heavy atom. The zero-order valence-corrected chi connectivity index (χ0v) is 25.3. The van der Waals surface area contributed by atoms with E-state index in [4.69, 9.17) is 30.5 Å². The van der Waals surface area contributed by atoms with Gasteiger partial charge >= 0.3 is 12.2 Å². The molecule has 1 aliphatic carbocycles. The van der Waals surface area contributed by atoms with Crippen molar-refractivity contribution in [2.45, 2.75) is 111 Å². The third-order valence-electron chi connectivity index (χ3n) is 6.36. The van der Waals surface area contributed by atoms with Crippen LogP contribution in [0.15, 0.2) is 12.3 Å². The molecular formula is C28H43ClN4O6. The molecule has 0 N–H and O–H groups in total. The summed E-state index contributed by atoms with van der Waals surface area (Å²) < 4.78 is 25.4. The van der Waals surface area contributed by atoms with E-state index in [9.17, 15) is 9.59 Å². The molecule has 1 saturated carbocycles. The lowest BCUT2D eigenvalue weighted by molar-refractivity contribution is -0.146. The summed E-state index contributed by atoms with van der Waals surface area (Å²) in [7, 11) is 0. The second-order valence-electron chi connectivity index (χ2n) is 11.9. The van der Waals surface area contributed by atoms with Gasteiger partial charge in [0, 0.05) is 24.8 Å². The fraction of sp³-hybridized carbons (Fsp3) is 0.714. The molecule has 39 heavy (non-hydrogen) atoms. The summed E-state index contributed by atoms with van der Waals surface area (Å²) in [5.74, 6) is 0. The highest BCUT2D eigenvalue weighted by Gasteiger charge is 2.44. The van der Waals surface area contributed by atoms with E-state index in [0.717, 1.165) is 35.2 Å². The molecule has 2 amide bonds. The monoisotopic (exact) mass is 566 g/mol. The number of nitrogens with zero attached hydrogens (tertiary/aromatic N) is 4. The molecule has 0 aromatic carbocycles. The predicted octanol–water partition coefficient (Wildman–Crippen LogP) is 6.99. The van der Waals surface area contributed by atoms with Crippen LogP contribution in [0.25, 0.3) is 11.0 Å². The number of fused-ring (bicyclic) bond motifs is 1. The van der Waals surface area contributed by atoms with Crippen molar-refractivity contribution in [2.24, 2.45) is 0 Å². The minimum absolute atomic E-state index is 0.0141. The number of rotatable bonds is 8. The SMILES string of the molecule is CCOC(OCC)c1cc2cnc(Cl)nc2n1C1(CN(C(=O)OC(C)(C)C)C(=O)OC(C)(C)C)CCCCC1. The summed E-state index contributed by atoms with van der Waals surface area (Å²) in [6, 6.07) is 1.93. The van der Waals surface area contributed by atoms with Gasteiger partial charge in [-0.2, -0.15) is 4.98 Å². The van der Waals surface area contributed by atoms with Gasteiger partial charge in [-0.25, -0.2) is 19.5 Å². The highest BCUT2D eigenvalue weighted by molar-refractivity contribution is 6.28. The molecule has 3 rings (SSSR count). The van der Waals surface area contributed by atoms with Gasteiger partial charge in [0.15, 0.2) is 6.29 Å². The standard InChI is InChI=1S/C28H43ClN4O6/c1-9-36-22(37-10-2)20-16-19-17-30-23(29)31-21(19)33(20)28(14-12-11-13-15-28)18-32(24(34)38-26(3,4)5)25(35)39-27(6,7)8/h16-17,22H,9-15,18H2,1-8H3. The third kappa shape index (κ3) is 7.83. The van der Waals surface area contributed by atoms with Crippen LogP contribution in [0.5, 0.6) is 0 Å². The summed E-state index contributed by atoms with van der Waals surface area (Å²) >= 11 is 6.28. The molecule has 218 valence electrons. The Morgan fingerprint density at radius 2 is 1.54 bits per heavy atom. The molecule has 0 saturated heterocycles. The molecule has 10 nitrogen and oxygen atoms in total. The molecule has 0 bridgehead atoms. The second-order valence-corrected chi connectivity index (χ2v) is 12.2. The van der Waals surface area contributed by atoms with Crippen molar-refractivity contribution < 1.29 is 28.5 Å². The van der Waals surface area contributed by atoms with E-state index in [0.29, 0.717) is 31.7 Å².